The van der Waals surface area contributed by atoms with Crippen LogP contribution in [-0.4, -0.2) is 42.3 Å². The van der Waals surface area contributed by atoms with Crippen LogP contribution in [0.2, 0.25) is 0 Å². The van der Waals surface area contributed by atoms with Gasteiger partial charge in [-0.2, -0.15) is 0 Å². The van der Waals surface area contributed by atoms with Gasteiger partial charge >= 0.3 is 0 Å². The summed E-state index contributed by atoms with van der Waals surface area (Å²) in [6, 6.07) is 21.7. The van der Waals surface area contributed by atoms with E-state index in [1.807, 2.05) is 71.7 Å². The Labute approximate surface area is 212 Å². The molecule has 5 aromatic rings. The van der Waals surface area contributed by atoms with Crippen LogP contribution in [0.3, 0.4) is 0 Å². The molecule has 0 N–H and O–H groups in total. The first kappa shape index (κ1) is 22.5. The molecular weight excluding hydrogens is 470 g/mol. The summed E-state index contributed by atoms with van der Waals surface area (Å²) in [5.41, 5.74) is 5.98. The average molecular weight is 496 g/mol. The van der Waals surface area contributed by atoms with Crippen LogP contribution in [0.15, 0.2) is 76.7 Å². The molecule has 0 atom stereocenters. The van der Waals surface area contributed by atoms with Crippen molar-refractivity contribution in [2.45, 2.75) is 32.0 Å². The molecule has 1 amide bonds. The van der Waals surface area contributed by atoms with Gasteiger partial charge in [0.1, 0.15) is 0 Å². The van der Waals surface area contributed by atoms with Gasteiger partial charge < -0.3 is 4.90 Å². The van der Waals surface area contributed by atoms with Crippen LogP contribution >= 0.6 is 11.8 Å². The predicted octanol–water partition coefficient (Wildman–Crippen LogP) is 4.33. The van der Waals surface area contributed by atoms with Crippen molar-refractivity contribution < 1.29 is 4.79 Å². The minimum Gasteiger partial charge on any atom is -0.337 e. The fourth-order valence-corrected chi connectivity index (χ4v) is 5.81. The van der Waals surface area contributed by atoms with E-state index in [2.05, 4.69) is 28.4 Å². The lowest BCUT2D eigenvalue weighted by Crippen LogP contribution is -2.37. The highest BCUT2D eigenvalue weighted by molar-refractivity contribution is 7.99. The molecule has 0 fully saturated rings. The van der Waals surface area contributed by atoms with Crippen LogP contribution < -0.4 is 5.56 Å². The highest BCUT2D eigenvalue weighted by atomic mass is 32.2. The molecule has 2 aromatic heterocycles. The lowest BCUT2D eigenvalue weighted by atomic mass is 10.00. The van der Waals surface area contributed by atoms with Gasteiger partial charge in [-0.05, 0) is 55.2 Å². The first-order valence-corrected chi connectivity index (χ1v) is 12.9. The molecule has 1 aliphatic rings. The van der Waals surface area contributed by atoms with Gasteiger partial charge in [-0.1, -0.05) is 65.9 Å². The molecule has 0 radical (unpaired) electrons. The second-order valence-corrected chi connectivity index (χ2v) is 10.1. The van der Waals surface area contributed by atoms with Gasteiger partial charge in [-0.15, -0.1) is 10.2 Å². The zero-order valence-electron chi connectivity index (χ0n) is 20.1. The maximum Gasteiger partial charge on any atom is 0.267 e. The van der Waals surface area contributed by atoms with Crippen LogP contribution in [0.5, 0.6) is 0 Å². The molecule has 8 heteroatoms. The normalized spacial score (nSPS) is 13.3. The van der Waals surface area contributed by atoms with E-state index in [4.69, 9.17) is 0 Å². The predicted molar refractivity (Wildman–Crippen MR) is 142 cm³/mol. The Morgan fingerprint density at radius 3 is 2.58 bits per heavy atom. The van der Waals surface area contributed by atoms with Gasteiger partial charge in [-0.25, -0.2) is 4.57 Å². The summed E-state index contributed by atoms with van der Waals surface area (Å²) in [5, 5.41) is 10.0. The summed E-state index contributed by atoms with van der Waals surface area (Å²) in [6.45, 7) is 5.36. The number of benzene rings is 3. The molecule has 0 bridgehead atoms. The summed E-state index contributed by atoms with van der Waals surface area (Å²) in [6.07, 6.45) is 0.868. The Hall–Kier alpha value is -3.91. The van der Waals surface area contributed by atoms with Crippen molar-refractivity contribution in [3.8, 4) is 5.69 Å². The van der Waals surface area contributed by atoms with Crippen molar-refractivity contribution in [1.29, 1.82) is 0 Å². The average Bonchev–Trinajstić information content (AvgIpc) is 3.32. The molecule has 36 heavy (non-hydrogen) atoms. The summed E-state index contributed by atoms with van der Waals surface area (Å²) in [5.74, 6) is 0.755. The molecule has 0 saturated heterocycles. The van der Waals surface area contributed by atoms with Crippen molar-refractivity contribution in [1.82, 2.24) is 24.1 Å². The fraction of sp³-hybridized carbons (Fsp3) is 0.214. The summed E-state index contributed by atoms with van der Waals surface area (Å²) < 4.78 is 3.51. The number of aromatic nitrogens is 4. The van der Waals surface area contributed by atoms with E-state index in [9.17, 15) is 9.59 Å². The molecule has 180 valence electrons. The van der Waals surface area contributed by atoms with Gasteiger partial charge in [0.05, 0.1) is 22.3 Å². The van der Waals surface area contributed by atoms with Gasteiger partial charge in [-0.3, -0.25) is 14.0 Å². The lowest BCUT2D eigenvalue weighted by Gasteiger charge is -2.28. The number of hydrogen-bond acceptors (Lipinski definition) is 5. The first-order chi connectivity index (χ1) is 17.5. The largest absolute Gasteiger partial charge is 0.337 e. The van der Waals surface area contributed by atoms with Gasteiger partial charge in [0.25, 0.3) is 5.56 Å². The van der Waals surface area contributed by atoms with Crippen molar-refractivity contribution in [2.24, 2.45) is 0 Å². The zero-order valence-corrected chi connectivity index (χ0v) is 21.0. The quantitative estimate of drug-likeness (QED) is 0.347. The minimum absolute atomic E-state index is 0.0678. The molecule has 3 heterocycles. The van der Waals surface area contributed by atoms with Crippen LogP contribution in [0.25, 0.3) is 22.4 Å². The highest BCUT2D eigenvalue weighted by Crippen LogP contribution is 2.26. The fourth-order valence-electron chi connectivity index (χ4n) is 4.97. The number of carbonyl (C=O) groups is 1. The molecule has 6 rings (SSSR count). The second kappa shape index (κ2) is 8.95. The SMILES string of the molecule is Cc1ccc(-n2c(=O)c3ccccc3n3c(SCC(=O)N4CCc5ccccc5C4)nnc23)c(C)c1. The van der Waals surface area contributed by atoms with Gasteiger partial charge in [0.2, 0.25) is 11.7 Å². The maximum absolute atomic E-state index is 13.6. The molecule has 0 unspecified atom stereocenters. The molecular formula is C28H25N5O2S. The molecule has 3 aromatic carbocycles. The monoisotopic (exact) mass is 495 g/mol. The second-order valence-electron chi connectivity index (χ2n) is 9.19. The number of carbonyl (C=O) groups excluding carboxylic acids is 1. The van der Waals surface area contributed by atoms with E-state index >= 15 is 0 Å². The molecule has 0 aliphatic carbocycles. The number of nitrogens with zero attached hydrogens (tertiary/aromatic N) is 5. The Kier molecular flexibility index (Phi) is 5.60. The van der Waals surface area contributed by atoms with E-state index in [1.165, 1.54) is 22.9 Å². The Morgan fingerprint density at radius 1 is 0.972 bits per heavy atom. The number of fused-ring (bicyclic) bond motifs is 4. The van der Waals surface area contributed by atoms with E-state index in [1.54, 1.807) is 4.57 Å². The van der Waals surface area contributed by atoms with Crippen molar-refractivity contribution in [3.05, 3.63) is 99.3 Å². The lowest BCUT2D eigenvalue weighted by molar-refractivity contribution is -0.129. The highest BCUT2D eigenvalue weighted by Gasteiger charge is 2.23. The van der Waals surface area contributed by atoms with E-state index in [0.29, 0.717) is 29.4 Å². The van der Waals surface area contributed by atoms with Crippen molar-refractivity contribution in [3.63, 3.8) is 0 Å². The van der Waals surface area contributed by atoms with E-state index in [-0.39, 0.29) is 17.2 Å². The zero-order chi connectivity index (χ0) is 24.8. The van der Waals surface area contributed by atoms with Crippen LogP contribution in [0.4, 0.5) is 0 Å². The van der Waals surface area contributed by atoms with Crippen LogP contribution in [0, 0.1) is 13.8 Å². The van der Waals surface area contributed by atoms with Crippen molar-refractivity contribution >= 4 is 34.3 Å². The smallest absolute Gasteiger partial charge is 0.267 e. The van der Waals surface area contributed by atoms with E-state index < -0.39 is 0 Å². The topological polar surface area (TPSA) is 72.5 Å². The molecule has 0 saturated carbocycles. The minimum atomic E-state index is -0.142. The van der Waals surface area contributed by atoms with Crippen molar-refractivity contribution in [2.75, 3.05) is 12.3 Å². The summed E-state index contributed by atoms with van der Waals surface area (Å²) >= 11 is 1.35. The summed E-state index contributed by atoms with van der Waals surface area (Å²) in [7, 11) is 0. The van der Waals surface area contributed by atoms with Gasteiger partial charge in [0.15, 0.2) is 5.16 Å². The first-order valence-electron chi connectivity index (χ1n) is 11.9. The number of rotatable bonds is 4. The number of hydrogen-bond donors (Lipinski definition) is 0. The molecule has 0 spiro atoms. The standard InChI is InChI=1S/C28H25N5O2S/c1-18-11-12-23(19(2)15-18)32-26(35)22-9-5-6-10-24(22)33-27(32)29-30-28(33)36-17-25(34)31-14-13-20-7-3-4-8-21(20)16-31/h3-12,15H,13-14,16-17H2,1-2H3. The molecule has 1 aliphatic heterocycles. The molecule has 7 nitrogen and oxygen atoms in total. The summed E-state index contributed by atoms with van der Waals surface area (Å²) in [4.78, 5) is 28.6. The number of para-hydroxylation sites is 1. The van der Waals surface area contributed by atoms with E-state index in [0.717, 1.165) is 28.8 Å². The Bertz CT molecular complexity index is 1700. The Morgan fingerprint density at radius 2 is 1.75 bits per heavy atom. The number of amides is 1. The number of aryl methyl sites for hydroxylation is 2. The maximum atomic E-state index is 13.6. The van der Waals surface area contributed by atoms with Crippen LogP contribution in [-0.2, 0) is 17.8 Å². The van der Waals surface area contributed by atoms with Crippen LogP contribution in [0.1, 0.15) is 22.3 Å². The third-order valence-electron chi connectivity index (χ3n) is 6.80. The third kappa shape index (κ3) is 3.78. The van der Waals surface area contributed by atoms with Gasteiger partial charge in [0, 0.05) is 13.1 Å². The third-order valence-corrected chi connectivity index (χ3v) is 7.71. The number of thioether (sulfide) groups is 1. The Balaban J connectivity index is 1.38.